The number of methoxy groups -OCH3 is 1. The first-order chi connectivity index (χ1) is 21.7. The Hall–Kier alpha value is -3.77. The average molecular weight is 648 g/mol. The van der Waals surface area contributed by atoms with E-state index in [1.807, 2.05) is 48.8 Å². The molecule has 4 aromatic rings. The molecule has 12 heteroatoms. The van der Waals surface area contributed by atoms with E-state index in [0.717, 1.165) is 47.1 Å². The molecule has 1 amide bonds. The van der Waals surface area contributed by atoms with Crippen LogP contribution in [0.25, 0.3) is 28.3 Å². The molecule has 0 aliphatic carbocycles. The van der Waals surface area contributed by atoms with Gasteiger partial charge in [-0.3, -0.25) is 4.98 Å². The monoisotopic (exact) mass is 647 g/mol. The predicted octanol–water partition coefficient (Wildman–Crippen LogP) is 7.21. The zero-order valence-corrected chi connectivity index (χ0v) is 29.8. The summed E-state index contributed by atoms with van der Waals surface area (Å²) in [5.41, 5.74) is 5.94. The van der Waals surface area contributed by atoms with E-state index in [-0.39, 0.29) is 12.0 Å². The smallest absolute Gasteiger partial charge is 0.410 e. The summed E-state index contributed by atoms with van der Waals surface area (Å²) >= 11 is 0. The van der Waals surface area contributed by atoms with E-state index in [0.29, 0.717) is 43.7 Å². The van der Waals surface area contributed by atoms with E-state index >= 15 is 0 Å². The highest BCUT2D eigenvalue weighted by Gasteiger charge is 2.29. The largest absolute Gasteiger partial charge is 0.493 e. The topological polar surface area (TPSA) is 109 Å². The van der Waals surface area contributed by atoms with Crippen molar-refractivity contribution >= 4 is 19.8 Å². The van der Waals surface area contributed by atoms with Gasteiger partial charge in [-0.25, -0.2) is 19.0 Å². The van der Waals surface area contributed by atoms with Gasteiger partial charge in [0.2, 0.25) is 0 Å². The SMILES string of the molecule is COc1cc(-c2c(C(C)C)c(-c3ccc(C4CCN(C(=O)OC(C)(C)C)CC4)cn3)nn2COCC[Si](C)(C)C)cn2ncnc12. The molecule has 248 valence electrons. The number of aromatic nitrogens is 6. The van der Waals surface area contributed by atoms with Crippen LogP contribution in [0.5, 0.6) is 5.75 Å². The molecule has 1 saturated heterocycles. The molecule has 0 N–H and O–H groups in total. The van der Waals surface area contributed by atoms with Gasteiger partial charge in [0.25, 0.3) is 0 Å². The second kappa shape index (κ2) is 13.5. The summed E-state index contributed by atoms with van der Waals surface area (Å²) in [5.74, 6) is 1.12. The Labute approximate surface area is 273 Å². The molecule has 4 aromatic heterocycles. The second-order valence-corrected chi connectivity index (χ2v) is 20.3. The number of carbonyl (C=O) groups is 1. The number of nitrogens with zero attached hydrogens (tertiary/aromatic N) is 7. The number of pyridine rings is 2. The zero-order chi connectivity index (χ0) is 33.2. The quantitative estimate of drug-likeness (QED) is 0.131. The Bertz CT molecular complexity index is 1640. The van der Waals surface area contributed by atoms with E-state index in [2.05, 4.69) is 55.7 Å². The van der Waals surface area contributed by atoms with Crippen LogP contribution >= 0.6 is 0 Å². The van der Waals surface area contributed by atoms with Gasteiger partial charge in [0.1, 0.15) is 24.4 Å². The van der Waals surface area contributed by atoms with Crippen molar-refractivity contribution in [1.82, 2.24) is 34.3 Å². The lowest BCUT2D eigenvalue weighted by atomic mass is 9.90. The summed E-state index contributed by atoms with van der Waals surface area (Å²) in [6.45, 7) is 19.5. The minimum absolute atomic E-state index is 0.150. The van der Waals surface area contributed by atoms with E-state index in [9.17, 15) is 4.79 Å². The number of hydrogen-bond donors (Lipinski definition) is 0. The van der Waals surface area contributed by atoms with Gasteiger partial charge in [-0.15, -0.1) is 0 Å². The Morgan fingerprint density at radius 3 is 2.46 bits per heavy atom. The lowest BCUT2D eigenvalue weighted by Gasteiger charge is -2.33. The van der Waals surface area contributed by atoms with Crippen molar-refractivity contribution in [2.45, 2.75) is 97.3 Å². The van der Waals surface area contributed by atoms with Crippen LogP contribution in [0.3, 0.4) is 0 Å². The van der Waals surface area contributed by atoms with Gasteiger partial charge in [0, 0.05) is 51.3 Å². The zero-order valence-electron chi connectivity index (χ0n) is 28.8. The number of carbonyl (C=O) groups excluding carboxylic acids is 1. The van der Waals surface area contributed by atoms with Crippen molar-refractivity contribution in [2.75, 3.05) is 26.8 Å². The van der Waals surface area contributed by atoms with Crippen LogP contribution in [-0.2, 0) is 16.2 Å². The molecule has 5 rings (SSSR count). The molecule has 1 aliphatic heterocycles. The molecule has 11 nitrogen and oxygen atoms in total. The lowest BCUT2D eigenvalue weighted by molar-refractivity contribution is 0.0204. The number of likely N-dealkylation sites (tertiary alicyclic amines) is 1. The number of amides is 1. The fourth-order valence-electron chi connectivity index (χ4n) is 5.82. The summed E-state index contributed by atoms with van der Waals surface area (Å²) in [5, 5.41) is 9.53. The fourth-order valence-corrected chi connectivity index (χ4v) is 6.58. The molecule has 1 aliphatic rings. The van der Waals surface area contributed by atoms with Crippen LogP contribution in [0.2, 0.25) is 25.7 Å². The minimum atomic E-state index is -1.25. The lowest BCUT2D eigenvalue weighted by Crippen LogP contribution is -2.41. The molecule has 46 heavy (non-hydrogen) atoms. The number of rotatable bonds is 10. The van der Waals surface area contributed by atoms with Crippen LogP contribution in [0, 0.1) is 0 Å². The first-order valence-corrected chi connectivity index (χ1v) is 19.9. The van der Waals surface area contributed by atoms with Crippen LogP contribution in [0.15, 0.2) is 36.9 Å². The van der Waals surface area contributed by atoms with Crippen molar-refractivity contribution in [1.29, 1.82) is 0 Å². The maximum Gasteiger partial charge on any atom is 0.410 e. The van der Waals surface area contributed by atoms with E-state index in [1.165, 1.54) is 11.9 Å². The van der Waals surface area contributed by atoms with E-state index in [1.54, 1.807) is 11.6 Å². The molecule has 0 radical (unpaired) electrons. The molecule has 0 bridgehead atoms. The van der Waals surface area contributed by atoms with E-state index < -0.39 is 13.7 Å². The van der Waals surface area contributed by atoms with Gasteiger partial charge in [0.05, 0.1) is 18.5 Å². The highest BCUT2D eigenvalue weighted by Crippen LogP contribution is 2.39. The molecule has 0 aromatic carbocycles. The van der Waals surface area contributed by atoms with Crippen molar-refractivity contribution in [3.63, 3.8) is 0 Å². The third-order valence-electron chi connectivity index (χ3n) is 8.26. The Morgan fingerprint density at radius 1 is 1.11 bits per heavy atom. The predicted molar refractivity (Wildman–Crippen MR) is 182 cm³/mol. The van der Waals surface area contributed by atoms with Gasteiger partial charge in [0.15, 0.2) is 11.4 Å². The Kier molecular flexibility index (Phi) is 9.88. The standard InChI is InChI=1S/C34H49N7O4Si/c1-23(2)29-30(27-11-10-25(19-35-27)24-12-14-39(15-13-24)33(42)45-34(3,4)5)38-41(22-44-16-17-46(7,8)9)31(29)26-18-28(43-6)32-36-21-37-40(32)20-26/h10-11,18-21,23-24H,12-17,22H2,1-9H3. The first kappa shape index (κ1) is 33.6. The fraction of sp³-hybridized carbons (Fsp3) is 0.559. The molecule has 0 saturated carbocycles. The molecule has 1 fully saturated rings. The van der Waals surface area contributed by atoms with Crippen LogP contribution < -0.4 is 4.74 Å². The Balaban J connectivity index is 1.45. The second-order valence-electron chi connectivity index (χ2n) is 14.7. The van der Waals surface area contributed by atoms with Gasteiger partial charge in [-0.05, 0) is 69.2 Å². The van der Waals surface area contributed by atoms with Crippen LogP contribution in [-0.4, -0.2) is 80.8 Å². The minimum Gasteiger partial charge on any atom is -0.493 e. The molecule has 5 heterocycles. The molecule has 0 unspecified atom stereocenters. The third kappa shape index (κ3) is 7.77. The number of piperidine rings is 1. The van der Waals surface area contributed by atoms with Gasteiger partial charge >= 0.3 is 6.09 Å². The van der Waals surface area contributed by atoms with Crippen molar-refractivity contribution in [3.8, 4) is 28.4 Å². The van der Waals surface area contributed by atoms with Gasteiger partial charge in [-0.2, -0.15) is 10.2 Å². The number of fused-ring (bicyclic) bond motifs is 1. The Morgan fingerprint density at radius 2 is 1.85 bits per heavy atom. The van der Waals surface area contributed by atoms with Gasteiger partial charge in [-0.1, -0.05) is 39.6 Å². The summed E-state index contributed by atoms with van der Waals surface area (Å²) < 4.78 is 21.2. The van der Waals surface area contributed by atoms with Crippen LogP contribution in [0.1, 0.15) is 70.4 Å². The summed E-state index contributed by atoms with van der Waals surface area (Å²) in [4.78, 5) is 23.7. The van der Waals surface area contributed by atoms with Gasteiger partial charge < -0.3 is 19.1 Å². The highest BCUT2D eigenvalue weighted by atomic mass is 28.3. The third-order valence-corrected chi connectivity index (χ3v) is 9.96. The first-order valence-electron chi connectivity index (χ1n) is 16.2. The molecular formula is C34H49N7O4Si. The van der Waals surface area contributed by atoms with Crippen LogP contribution in [0.4, 0.5) is 4.79 Å². The number of hydrogen-bond acceptors (Lipinski definition) is 8. The van der Waals surface area contributed by atoms with Crippen molar-refractivity contribution < 1.29 is 19.0 Å². The highest BCUT2D eigenvalue weighted by molar-refractivity contribution is 6.76. The number of ether oxygens (including phenoxy) is 3. The summed E-state index contributed by atoms with van der Waals surface area (Å²) in [6.07, 6.45) is 6.98. The average Bonchev–Trinajstić information content (AvgIpc) is 3.63. The summed E-state index contributed by atoms with van der Waals surface area (Å²) in [7, 11) is 0.396. The maximum atomic E-state index is 12.6. The van der Waals surface area contributed by atoms with Crippen molar-refractivity contribution in [2.24, 2.45) is 0 Å². The molecule has 0 spiro atoms. The molecular weight excluding hydrogens is 599 g/mol. The van der Waals surface area contributed by atoms with E-state index in [4.69, 9.17) is 24.3 Å². The normalized spacial score (nSPS) is 14.8. The maximum absolute atomic E-state index is 12.6. The molecule has 0 atom stereocenters. The summed E-state index contributed by atoms with van der Waals surface area (Å²) in [6, 6.07) is 7.31. The van der Waals surface area contributed by atoms with Crippen molar-refractivity contribution in [3.05, 3.63) is 48.0 Å².